The Hall–Kier alpha value is -1.02. The number of hydrogen-bond acceptors (Lipinski definition) is 1. The van der Waals surface area contributed by atoms with E-state index in [4.69, 9.17) is 11.6 Å². The van der Waals surface area contributed by atoms with Crippen molar-refractivity contribution >= 4 is 11.6 Å². The van der Waals surface area contributed by atoms with Gasteiger partial charge in [0.15, 0.2) is 5.92 Å². The molecule has 0 bridgehead atoms. The minimum absolute atomic E-state index is 0.228. The van der Waals surface area contributed by atoms with Crippen molar-refractivity contribution in [2.75, 3.05) is 0 Å². The van der Waals surface area contributed by atoms with Crippen LogP contribution in [0.25, 0.3) is 0 Å². The van der Waals surface area contributed by atoms with Crippen LogP contribution < -0.4 is 0 Å². The van der Waals surface area contributed by atoms with Gasteiger partial charge >= 0.3 is 12.4 Å². The van der Waals surface area contributed by atoms with Crippen LogP contribution in [-0.4, -0.2) is 23.6 Å². The second-order valence-electron chi connectivity index (χ2n) is 4.07. The Kier molecular flexibility index (Phi) is 4.91. The monoisotopic (exact) mass is 324 g/mol. The summed E-state index contributed by atoms with van der Waals surface area (Å²) in [5.41, 5.74) is -0.335. The number of benzene rings is 1. The lowest BCUT2D eigenvalue weighted by Gasteiger charge is -2.27. The van der Waals surface area contributed by atoms with E-state index in [9.17, 15) is 35.8 Å². The zero-order valence-corrected chi connectivity index (χ0v) is 10.3. The summed E-state index contributed by atoms with van der Waals surface area (Å²) in [6, 6.07) is 2.55. The van der Waals surface area contributed by atoms with Gasteiger partial charge in [-0.15, -0.1) is 0 Å². The van der Waals surface area contributed by atoms with Crippen LogP contribution in [0.15, 0.2) is 18.2 Å². The van der Waals surface area contributed by atoms with Crippen LogP contribution in [0.5, 0.6) is 0 Å². The minimum Gasteiger partial charge on any atom is -0.392 e. The van der Waals surface area contributed by atoms with Crippen molar-refractivity contribution in [1.29, 1.82) is 0 Å². The van der Waals surface area contributed by atoms with Gasteiger partial charge in [-0.25, -0.2) is 4.39 Å². The highest BCUT2D eigenvalue weighted by Gasteiger charge is 2.60. The molecule has 0 amide bonds. The molecule has 1 unspecified atom stereocenters. The fourth-order valence-corrected chi connectivity index (χ4v) is 1.86. The molecule has 0 aromatic heterocycles. The molecular weight excluding hydrogens is 317 g/mol. The van der Waals surface area contributed by atoms with Crippen molar-refractivity contribution in [2.24, 2.45) is 5.92 Å². The van der Waals surface area contributed by atoms with E-state index < -0.39 is 36.6 Å². The van der Waals surface area contributed by atoms with Gasteiger partial charge in [-0.05, 0) is 23.8 Å². The van der Waals surface area contributed by atoms with Crippen molar-refractivity contribution in [3.05, 3.63) is 34.6 Å². The zero-order valence-electron chi connectivity index (χ0n) is 9.56. The Balaban J connectivity index is 3.03. The molecule has 0 fully saturated rings. The predicted octanol–water partition coefficient (Wildman–Crippen LogP) is 4.12. The first-order valence-corrected chi connectivity index (χ1v) is 5.56. The number of halogens is 8. The van der Waals surface area contributed by atoms with Crippen LogP contribution in [0.3, 0.4) is 0 Å². The van der Waals surface area contributed by atoms with E-state index in [-0.39, 0.29) is 10.6 Å². The normalized spacial score (nSPS) is 14.7. The second kappa shape index (κ2) is 5.77. The van der Waals surface area contributed by atoms with Crippen LogP contribution >= 0.6 is 11.6 Å². The third-order valence-corrected chi connectivity index (χ3v) is 2.90. The fourth-order valence-electron chi connectivity index (χ4n) is 1.66. The molecule has 0 heterocycles. The van der Waals surface area contributed by atoms with E-state index in [1.54, 1.807) is 0 Å². The number of hydrogen-bond donors (Lipinski definition) is 1. The van der Waals surface area contributed by atoms with Crippen molar-refractivity contribution < 1.29 is 35.8 Å². The van der Waals surface area contributed by atoms with Crippen LogP contribution in [0.4, 0.5) is 30.7 Å². The fraction of sp³-hybridized carbons (Fsp3) is 0.455. The van der Waals surface area contributed by atoms with Crippen molar-refractivity contribution in [2.45, 2.75) is 24.9 Å². The van der Waals surface area contributed by atoms with Gasteiger partial charge in [-0.3, -0.25) is 0 Å². The maximum absolute atomic E-state index is 12.9. The smallest absolute Gasteiger partial charge is 0.392 e. The summed E-state index contributed by atoms with van der Waals surface area (Å²) in [5, 5.41) is 9.00. The lowest BCUT2D eigenvalue weighted by molar-refractivity contribution is -0.305. The predicted molar refractivity (Wildman–Crippen MR) is 56.7 cm³/mol. The molecule has 1 nitrogen and oxygen atoms in total. The van der Waals surface area contributed by atoms with E-state index in [0.29, 0.717) is 6.07 Å². The molecule has 0 aliphatic rings. The van der Waals surface area contributed by atoms with Gasteiger partial charge in [0, 0.05) is 11.4 Å². The third-order valence-electron chi connectivity index (χ3n) is 2.53. The third kappa shape index (κ3) is 4.24. The highest BCUT2D eigenvalue weighted by molar-refractivity contribution is 6.31. The Morgan fingerprint density at radius 1 is 1.05 bits per heavy atom. The average Bonchev–Trinajstić information content (AvgIpc) is 2.18. The van der Waals surface area contributed by atoms with E-state index in [1.165, 1.54) is 0 Å². The molecule has 1 atom stereocenters. The maximum atomic E-state index is 12.9. The van der Waals surface area contributed by atoms with Crippen LogP contribution in [0.2, 0.25) is 5.02 Å². The zero-order chi connectivity index (χ0) is 15.7. The summed E-state index contributed by atoms with van der Waals surface area (Å²) in [7, 11) is 0. The quantitative estimate of drug-likeness (QED) is 0.829. The molecule has 9 heteroatoms. The standard InChI is InChI=1S/C11H8ClF7O/c12-7-2-1-6(13)3-5(7)4-8(20)9(10(14,15)16)11(17,18)19/h1-3,8-9,20H,4H2. The number of rotatable bonds is 3. The molecule has 114 valence electrons. The Morgan fingerprint density at radius 2 is 1.55 bits per heavy atom. The Labute approximate surface area is 114 Å². The molecule has 0 spiro atoms. The highest BCUT2D eigenvalue weighted by Crippen LogP contribution is 2.42. The minimum atomic E-state index is -5.67. The van der Waals surface area contributed by atoms with E-state index in [0.717, 1.165) is 12.1 Å². The van der Waals surface area contributed by atoms with Gasteiger partial charge < -0.3 is 5.11 Å². The molecule has 20 heavy (non-hydrogen) atoms. The van der Waals surface area contributed by atoms with Crippen molar-refractivity contribution in [3.8, 4) is 0 Å². The molecule has 0 radical (unpaired) electrons. The Morgan fingerprint density at radius 3 is 2.00 bits per heavy atom. The first-order valence-electron chi connectivity index (χ1n) is 5.18. The van der Waals surface area contributed by atoms with Crippen molar-refractivity contribution in [1.82, 2.24) is 0 Å². The lowest BCUT2D eigenvalue weighted by Crippen LogP contribution is -2.45. The molecule has 1 aromatic rings. The molecular formula is C11H8ClF7O. The molecule has 1 N–H and O–H groups in total. The highest BCUT2D eigenvalue weighted by atomic mass is 35.5. The number of aliphatic hydroxyl groups is 1. The first-order chi connectivity index (χ1) is 8.93. The first kappa shape index (κ1) is 17.0. The molecule has 0 aliphatic heterocycles. The number of alkyl halides is 6. The SMILES string of the molecule is OC(Cc1cc(F)ccc1Cl)C(C(F)(F)F)C(F)(F)F. The van der Waals surface area contributed by atoms with Gasteiger partial charge in [-0.2, -0.15) is 26.3 Å². The van der Waals surface area contributed by atoms with Gasteiger partial charge in [0.2, 0.25) is 0 Å². The largest absolute Gasteiger partial charge is 0.403 e. The number of aliphatic hydroxyl groups excluding tert-OH is 1. The van der Waals surface area contributed by atoms with Crippen molar-refractivity contribution in [3.63, 3.8) is 0 Å². The van der Waals surface area contributed by atoms with Crippen LogP contribution in [-0.2, 0) is 6.42 Å². The summed E-state index contributed by atoms with van der Waals surface area (Å²) in [6.45, 7) is 0. The average molecular weight is 325 g/mol. The summed E-state index contributed by atoms with van der Waals surface area (Å²) < 4.78 is 87.1. The molecule has 0 aliphatic carbocycles. The van der Waals surface area contributed by atoms with E-state index in [1.807, 2.05) is 0 Å². The van der Waals surface area contributed by atoms with Crippen LogP contribution in [0.1, 0.15) is 5.56 Å². The summed E-state index contributed by atoms with van der Waals surface area (Å²) in [6.07, 6.45) is -15.2. The van der Waals surface area contributed by atoms with Gasteiger partial charge in [0.05, 0.1) is 6.10 Å². The lowest BCUT2D eigenvalue weighted by atomic mass is 9.95. The molecule has 0 saturated heterocycles. The summed E-state index contributed by atoms with van der Waals surface area (Å²) >= 11 is 5.53. The second-order valence-corrected chi connectivity index (χ2v) is 4.48. The molecule has 1 aromatic carbocycles. The van der Waals surface area contributed by atoms with E-state index >= 15 is 0 Å². The Bertz CT molecular complexity index is 455. The summed E-state index contributed by atoms with van der Waals surface area (Å²) in [4.78, 5) is 0. The maximum Gasteiger partial charge on any atom is 0.403 e. The van der Waals surface area contributed by atoms with Gasteiger partial charge in [-0.1, -0.05) is 11.6 Å². The van der Waals surface area contributed by atoms with Gasteiger partial charge in [0.1, 0.15) is 5.82 Å². The molecule has 0 saturated carbocycles. The topological polar surface area (TPSA) is 20.2 Å². The van der Waals surface area contributed by atoms with Gasteiger partial charge in [0.25, 0.3) is 0 Å². The molecule has 1 rings (SSSR count). The van der Waals surface area contributed by atoms with Crippen LogP contribution in [0, 0.1) is 11.7 Å². The van der Waals surface area contributed by atoms with E-state index in [2.05, 4.69) is 0 Å². The summed E-state index contributed by atoms with van der Waals surface area (Å²) in [5.74, 6) is -4.80.